The van der Waals surface area contributed by atoms with Crippen molar-refractivity contribution in [2.75, 3.05) is 97.3 Å². The summed E-state index contributed by atoms with van der Waals surface area (Å²) < 4.78 is 98.4. The third-order valence-electron chi connectivity index (χ3n) is 25.2. The van der Waals surface area contributed by atoms with Crippen molar-refractivity contribution in [2.45, 2.75) is 196 Å². The molecule has 9 atom stereocenters. The minimum atomic E-state index is -3.68. The third kappa shape index (κ3) is 22.5. The van der Waals surface area contributed by atoms with Gasteiger partial charge in [-0.3, -0.25) is 0 Å². The largest absolute Gasteiger partial charge is 0.444 e. The first-order valence-electron chi connectivity index (χ1n) is 41.7. The molecule has 125 heavy (non-hydrogen) atoms. The number of benzene rings is 3. The highest BCUT2D eigenvalue weighted by atomic mass is 35.5. The average Bonchev–Trinajstić information content (AvgIpc) is 1.61. The zero-order valence-electron chi connectivity index (χ0n) is 71.4. The Hall–Kier alpha value is -5.44. The molecule has 6 aromatic heterocycles. The number of likely N-dealkylation sites (tertiary alicyclic amines) is 2. The standard InChI is InChI=1S/C30H39N5O5S3.C25H31N5O3S3.C18H22ClN3O4S2.C11H17N3OS.2ClH/c1-29(2,3)40-28(37)34-16-30(17-34)9-10-35(18-30)43(38,39)22-7-8-23-24(13-22)42-26(33-23)12-20-6-5-19(27(20)36)11-25-31-14-21(41-4)15-32-25;1-34-18-11-27-22(28-12-18)8-16-2-3-17(24(16)31)9-23-29-20-5-4-19(10-21(20)35-23)36(32,33)30-7-6-25(15-30)13-26-14-25;1-17(2,3)26-16(23)21-9-18(10-21)6-7-22(11-18)28(24,25)12-4-5-13-14(8-12)27-15(19)20-13;1-16-8-5-13-10(14-6-8)4-7-2-3-9(12)11(7)15;;/h7-8,13-15,19-20,27,36H,5-6,9-12,16-18H2,1-4H3;4-5,10-12,16-17,24,26,31H,2-3,6-9,13-15H2,1H3;4-5,8H,6-7,9-11H2,1-3H3;5-7,9,11,15H,2-4,12H2,1H3;2*1H/t19-,20-,27-;16-,17-,24-;;7-,9+,11-;;/m11.1../s1. The average molecular weight is 1950 g/mol. The molecule has 3 aliphatic carbocycles. The fraction of sp³-hybridized carbons (Fsp3) is 0.583. The van der Waals surface area contributed by atoms with Gasteiger partial charge in [0, 0.05) is 185 Å². The van der Waals surface area contributed by atoms with Crippen LogP contribution < -0.4 is 11.1 Å². The number of aliphatic hydroxyl groups excluding tert-OH is 3. The highest BCUT2D eigenvalue weighted by Gasteiger charge is 2.55. The zero-order chi connectivity index (χ0) is 87.3. The Balaban J connectivity index is 0.000000149. The number of nitrogens with zero attached hydrogens (tertiary/aromatic N) is 14. The lowest BCUT2D eigenvalue weighted by atomic mass is 9.79. The summed E-state index contributed by atoms with van der Waals surface area (Å²) in [7, 11) is -10.8. The summed E-state index contributed by atoms with van der Waals surface area (Å²) >= 11 is 15.1. The minimum Gasteiger partial charge on any atom is -0.444 e. The van der Waals surface area contributed by atoms with Crippen LogP contribution in [0.4, 0.5) is 9.59 Å². The first-order chi connectivity index (χ1) is 58.4. The van der Waals surface area contributed by atoms with Gasteiger partial charge in [-0.15, -0.1) is 94.1 Å². The van der Waals surface area contributed by atoms with E-state index in [4.69, 9.17) is 36.8 Å². The van der Waals surface area contributed by atoms with E-state index in [0.29, 0.717) is 106 Å². The number of rotatable bonds is 19. The van der Waals surface area contributed by atoms with Crippen LogP contribution in [0.15, 0.2) is 121 Å². The van der Waals surface area contributed by atoms with E-state index in [0.717, 1.165) is 145 Å². The Morgan fingerprint density at radius 1 is 0.472 bits per heavy atom. The molecule has 41 heteroatoms. The van der Waals surface area contributed by atoms with Gasteiger partial charge in [-0.25, -0.2) is 79.7 Å². The normalized spacial score (nSPS) is 24.1. The molecule has 0 bridgehead atoms. The molecule has 6 N–H and O–H groups in total. The molecular formula is C84H111Cl3N16O13S9. The molecule has 9 aromatic rings. The Labute approximate surface area is 773 Å². The number of thiazole rings is 3. The number of hydrogen-bond donors (Lipinski definition) is 5. The molecular weight excluding hydrogens is 1840 g/mol. The number of nitrogens with one attached hydrogen (secondary N) is 1. The third-order valence-corrected chi connectivity index (χ3v) is 35.9. The van der Waals surface area contributed by atoms with Gasteiger partial charge in [0.15, 0.2) is 4.47 Å². The van der Waals surface area contributed by atoms with Gasteiger partial charge in [0.05, 0.1) is 73.7 Å². The van der Waals surface area contributed by atoms with Gasteiger partial charge in [0.25, 0.3) is 0 Å². The van der Waals surface area contributed by atoms with Gasteiger partial charge < -0.3 is 45.6 Å². The van der Waals surface area contributed by atoms with Gasteiger partial charge in [-0.05, 0) is 202 Å². The van der Waals surface area contributed by atoms with Crippen LogP contribution in [0.1, 0.15) is 127 Å². The predicted octanol–water partition coefficient (Wildman–Crippen LogP) is 12.8. The molecule has 9 aliphatic rings. The van der Waals surface area contributed by atoms with E-state index in [-0.39, 0.29) is 98.7 Å². The molecule has 3 aromatic carbocycles. The highest BCUT2D eigenvalue weighted by Crippen LogP contribution is 2.47. The van der Waals surface area contributed by atoms with Crippen LogP contribution in [0.25, 0.3) is 30.6 Å². The van der Waals surface area contributed by atoms with Crippen LogP contribution in [0.5, 0.6) is 0 Å². The molecule has 12 heterocycles. The summed E-state index contributed by atoms with van der Waals surface area (Å²) in [6, 6.07) is 15.3. The van der Waals surface area contributed by atoms with Crippen molar-refractivity contribution in [1.82, 2.24) is 72.9 Å². The summed E-state index contributed by atoms with van der Waals surface area (Å²) in [5.41, 5.74) is 6.70. The minimum absolute atomic E-state index is 0. The number of aliphatic hydroxyl groups is 3. The number of hydrogen-bond acceptors (Lipinski definition) is 30. The Bertz CT molecular complexity index is 5650. The lowest BCUT2D eigenvalue weighted by Gasteiger charge is -2.47. The molecule has 29 nitrogen and oxygen atoms in total. The maximum atomic E-state index is 13.6. The van der Waals surface area contributed by atoms with Crippen LogP contribution in [0.2, 0.25) is 4.47 Å². The zero-order valence-corrected chi connectivity index (χ0v) is 81.1. The number of aromatic nitrogens is 9. The molecule has 0 radical (unpaired) electrons. The van der Waals surface area contributed by atoms with Crippen molar-refractivity contribution < 1.29 is 59.6 Å². The van der Waals surface area contributed by atoms with E-state index >= 15 is 0 Å². The van der Waals surface area contributed by atoms with Gasteiger partial charge in [-0.1, -0.05) is 11.6 Å². The van der Waals surface area contributed by atoms with E-state index in [1.54, 1.807) is 114 Å². The molecule has 0 unspecified atom stereocenters. The summed E-state index contributed by atoms with van der Waals surface area (Å²) in [4.78, 5) is 71.9. The number of sulfonamides is 3. The lowest BCUT2D eigenvalue weighted by molar-refractivity contribution is -0.0291. The number of carbonyl (C=O) groups is 2. The van der Waals surface area contributed by atoms with Gasteiger partial charge in [-0.2, -0.15) is 12.9 Å². The molecule has 18 rings (SSSR count). The van der Waals surface area contributed by atoms with E-state index in [9.17, 15) is 50.2 Å². The van der Waals surface area contributed by atoms with Crippen molar-refractivity contribution >= 4 is 179 Å². The summed E-state index contributed by atoms with van der Waals surface area (Å²) in [5, 5.41) is 37.1. The van der Waals surface area contributed by atoms with E-state index in [2.05, 4.69) is 40.2 Å². The van der Waals surface area contributed by atoms with Crippen LogP contribution in [-0.2, 0) is 71.6 Å². The highest BCUT2D eigenvalue weighted by molar-refractivity contribution is 7.99. The van der Waals surface area contributed by atoms with Crippen LogP contribution in [0, 0.1) is 45.8 Å². The number of ether oxygens (including phenoxy) is 2. The van der Waals surface area contributed by atoms with E-state index in [1.807, 2.05) is 104 Å². The molecule has 3 spiro atoms. The topological polar surface area (TPSA) is 386 Å². The second-order valence-electron chi connectivity index (χ2n) is 36.4. The maximum absolute atomic E-state index is 13.6. The fourth-order valence-electron chi connectivity index (χ4n) is 18.2. The predicted molar refractivity (Wildman–Crippen MR) is 495 cm³/mol. The smallest absolute Gasteiger partial charge is 0.410 e. The van der Waals surface area contributed by atoms with Crippen LogP contribution in [-0.4, -0.2) is 253 Å². The molecule has 680 valence electrons. The molecule has 9 fully saturated rings. The maximum Gasteiger partial charge on any atom is 0.410 e. The van der Waals surface area contributed by atoms with Crippen LogP contribution >= 0.6 is 106 Å². The number of thioether (sulfide) groups is 3. The monoisotopic (exact) mass is 1940 g/mol. The van der Waals surface area contributed by atoms with Crippen molar-refractivity contribution in [1.29, 1.82) is 0 Å². The lowest BCUT2D eigenvalue weighted by Crippen LogP contribution is -2.60. The summed E-state index contributed by atoms with van der Waals surface area (Å²) in [6.45, 7) is 17.8. The summed E-state index contributed by atoms with van der Waals surface area (Å²) in [5.74, 6) is 3.07. The number of amides is 2. The van der Waals surface area contributed by atoms with Crippen molar-refractivity contribution in [3.05, 3.63) is 124 Å². The Morgan fingerprint density at radius 3 is 1.10 bits per heavy atom. The van der Waals surface area contributed by atoms with Crippen molar-refractivity contribution in [3.8, 4) is 0 Å². The number of halogens is 3. The number of nitrogens with two attached hydrogens (primary N) is 1. The van der Waals surface area contributed by atoms with Crippen molar-refractivity contribution in [3.63, 3.8) is 0 Å². The van der Waals surface area contributed by atoms with Gasteiger partial charge in [0.2, 0.25) is 30.1 Å². The van der Waals surface area contributed by atoms with Crippen molar-refractivity contribution in [2.24, 2.45) is 51.6 Å². The van der Waals surface area contributed by atoms with E-state index in [1.165, 1.54) is 27.0 Å². The number of fused-ring (bicyclic) bond motifs is 3. The SMILES string of the molecule is CC(C)(C)OC(=O)N1CC2(CCN(S(=O)(=O)c3ccc4nc(Cl)sc4c3)C2)C1.CSc1cnc(C[C@H]2CC[C@H](Cc3nc4ccc(S(=O)(=O)N5CCC6(CN(C(=O)OC(C)(C)C)C6)C5)cc4s3)[C@@H]2O)nc1.CSc1cnc(C[C@H]2CC[C@H](Cc3nc4ccc(S(=O)(=O)N5CCC6(CNC6)C5)cc4s3)[C@@H]2O)nc1.CSc1cnc(C[C@H]2CC[C@H](N)[C@@H]2O)nc1.Cl.Cl. The molecule has 6 aliphatic heterocycles. The van der Waals surface area contributed by atoms with Gasteiger partial charge in [0.1, 0.15) is 28.7 Å². The molecule has 6 saturated heterocycles. The molecule has 2 amide bonds. The quantitative estimate of drug-likeness (QED) is 0.0469. The van der Waals surface area contributed by atoms with E-state index < -0.39 is 59.6 Å². The molecule has 3 saturated carbocycles. The van der Waals surface area contributed by atoms with Gasteiger partial charge >= 0.3 is 12.2 Å². The second-order valence-corrected chi connectivity index (χ2v) is 48.7. The first-order valence-corrected chi connectivity index (χ1v) is 52.6. The first kappa shape index (κ1) is 97.1. The second kappa shape index (κ2) is 39.5. The van der Waals surface area contributed by atoms with Crippen LogP contribution in [0.3, 0.4) is 0 Å². The Morgan fingerprint density at radius 2 is 0.784 bits per heavy atom. The fourth-order valence-corrected chi connectivity index (χ4v) is 27.4. The summed E-state index contributed by atoms with van der Waals surface area (Å²) in [6.07, 6.45) is 26.4. The number of carbonyl (C=O) groups excluding carboxylic acids is 2. The Kier molecular flexibility index (Phi) is 30.7.